The molecule has 1 aliphatic carbocycles. The molecule has 0 saturated heterocycles. The Morgan fingerprint density at radius 1 is 1.29 bits per heavy atom. The van der Waals surface area contributed by atoms with Gasteiger partial charge in [0.15, 0.2) is 10.3 Å². The molecule has 8 nitrogen and oxygen atoms in total. The molecule has 12 heteroatoms. The molecule has 6 rings (SSSR count). The SMILES string of the molecule is C[C@H]1CCc2sc3c(c2C1)c(=O)n(-c1ccc(Cl)cc1)c1nnc(SCC(=O)Nc2nccs2)n31. The zero-order valence-electron chi connectivity index (χ0n) is 18.5. The number of carbonyl (C=O) groups excluding carboxylic acids is 1. The van der Waals surface area contributed by atoms with Gasteiger partial charge in [-0.25, -0.2) is 14.0 Å². The van der Waals surface area contributed by atoms with Crippen molar-refractivity contribution in [1.29, 1.82) is 0 Å². The number of halogens is 1. The van der Waals surface area contributed by atoms with Crippen LogP contribution in [0.15, 0.2) is 45.8 Å². The van der Waals surface area contributed by atoms with Crippen molar-refractivity contribution in [2.24, 2.45) is 5.92 Å². The Hall–Kier alpha value is -2.73. The minimum Gasteiger partial charge on any atom is -0.301 e. The summed E-state index contributed by atoms with van der Waals surface area (Å²) in [5.41, 5.74) is 1.69. The largest absolute Gasteiger partial charge is 0.301 e. The second-order valence-electron chi connectivity index (χ2n) is 8.44. The maximum Gasteiger partial charge on any atom is 0.268 e. The number of thiophene rings is 1. The van der Waals surface area contributed by atoms with Crippen LogP contribution in [0.3, 0.4) is 0 Å². The number of anilines is 1. The van der Waals surface area contributed by atoms with Crippen molar-refractivity contribution in [3.8, 4) is 5.69 Å². The van der Waals surface area contributed by atoms with Crippen molar-refractivity contribution in [2.75, 3.05) is 11.1 Å². The van der Waals surface area contributed by atoms with E-state index >= 15 is 0 Å². The first kappa shape index (κ1) is 22.7. The number of aryl methyl sites for hydroxylation is 1. The highest BCUT2D eigenvalue weighted by Gasteiger charge is 2.27. The summed E-state index contributed by atoms with van der Waals surface area (Å²) in [7, 11) is 0. The Morgan fingerprint density at radius 3 is 2.89 bits per heavy atom. The zero-order chi connectivity index (χ0) is 24.1. The van der Waals surface area contributed by atoms with E-state index in [1.807, 2.05) is 4.40 Å². The lowest BCUT2D eigenvalue weighted by atomic mass is 9.89. The number of amides is 1. The molecule has 0 aliphatic heterocycles. The smallest absolute Gasteiger partial charge is 0.268 e. The number of nitrogens with zero attached hydrogens (tertiary/aromatic N) is 5. The van der Waals surface area contributed by atoms with Crippen molar-refractivity contribution < 1.29 is 4.79 Å². The number of hydrogen-bond acceptors (Lipinski definition) is 8. The van der Waals surface area contributed by atoms with E-state index in [2.05, 4.69) is 27.4 Å². The number of fused-ring (bicyclic) bond motifs is 5. The first-order valence-corrected chi connectivity index (χ1v) is 14.1. The van der Waals surface area contributed by atoms with Gasteiger partial charge < -0.3 is 5.32 Å². The van der Waals surface area contributed by atoms with Crippen LogP contribution >= 0.6 is 46.0 Å². The number of carbonyl (C=O) groups is 1. The van der Waals surface area contributed by atoms with E-state index in [0.717, 1.165) is 29.7 Å². The molecule has 1 aromatic carbocycles. The highest BCUT2D eigenvalue weighted by atomic mass is 35.5. The molecule has 5 aromatic rings. The second kappa shape index (κ2) is 9.05. The van der Waals surface area contributed by atoms with Gasteiger partial charge in [-0.2, -0.15) is 0 Å². The predicted molar refractivity (Wildman–Crippen MR) is 142 cm³/mol. The van der Waals surface area contributed by atoms with Gasteiger partial charge in [0.2, 0.25) is 11.7 Å². The molecular formula is C23H19ClN6O2S3. The van der Waals surface area contributed by atoms with Gasteiger partial charge in [-0.05, 0) is 55.0 Å². The molecule has 1 N–H and O–H groups in total. The van der Waals surface area contributed by atoms with E-state index in [1.165, 1.54) is 28.0 Å². The monoisotopic (exact) mass is 542 g/mol. The fourth-order valence-electron chi connectivity index (χ4n) is 4.40. The highest BCUT2D eigenvalue weighted by Crippen LogP contribution is 2.38. The third kappa shape index (κ3) is 4.06. The van der Waals surface area contributed by atoms with Crippen LogP contribution in [0.4, 0.5) is 5.13 Å². The minimum absolute atomic E-state index is 0.105. The van der Waals surface area contributed by atoms with Crippen LogP contribution in [0.25, 0.3) is 21.7 Å². The average molecular weight is 543 g/mol. The summed E-state index contributed by atoms with van der Waals surface area (Å²) in [5, 5.41) is 15.8. The van der Waals surface area contributed by atoms with Gasteiger partial charge in [0.05, 0.1) is 16.8 Å². The van der Waals surface area contributed by atoms with E-state index < -0.39 is 0 Å². The van der Waals surface area contributed by atoms with E-state index in [0.29, 0.717) is 38.1 Å². The van der Waals surface area contributed by atoms with Gasteiger partial charge >= 0.3 is 0 Å². The summed E-state index contributed by atoms with van der Waals surface area (Å²) in [6, 6.07) is 7.12. The molecule has 1 amide bonds. The van der Waals surface area contributed by atoms with Crippen LogP contribution < -0.4 is 10.9 Å². The molecule has 0 unspecified atom stereocenters. The topological polar surface area (TPSA) is 94.2 Å². The Kier molecular flexibility index (Phi) is 5.87. The number of thioether (sulfide) groups is 1. The average Bonchev–Trinajstić information content (AvgIpc) is 3.57. The maximum absolute atomic E-state index is 13.9. The van der Waals surface area contributed by atoms with Crippen LogP contribution in [0.5, 0.6) is 0 Å². The zero-order valence-corrected chi connectivity index (χ0v) is 21.7. The molecule has 0 fully saturated rings. The molecule has 0 saturated carbocycles. The lowest BCUT2D eigenvalue weighted by molar-refractivity contribution is -0.113. The summed E-state index contributed by atoms with van der Waals surface area (Å²) < 4.78 is 3.51. The Labute approximate surface area is 217 Å². The second-order valence-corrected chi connectivity index (χ2v) is 11.8. The number of nitrogens with one attached hydrogen (secondary N) is 1. The van der Waals surface area contributed by atoms with E-state index in [9.17, 15) is 9.59 Å². The lowest BCUT2D eigenvalue weighted by Crippen LogP contribution is -2.23. The fourth-order valence-corrected chi connectivity index (χ4v) is 7.19. The summed E-state index contributed by atoms with van der Waals surface area (Å²) in [6.45, 7) is 2.23. The quantitative estimate of drug-likeness (QED) is 0.312. The predicted octanol–water partition coefficient (Wildman–Crippen LogP) is 5.06. The molecule has 178 valence electrons. The first-order valence-electron chi connectivity index (χ1n) is 11.0. The summed E-state index contributed by atoms with van der Waals surface area (Å²) >= 11 is 10.4. The number of aromatic nitrogens is 5. The number of benzene rings is 1. The van der Waals surface area contributed by atoms with Crippen LogP contribution in [-0.4, -0.2) is 35.8 Å². The fraction of sp³-hybridized carbons (Fsp3) is 0.261. The lowest BCUT2D eigenvalue weighted by Gasteiger charge is -2.18. The number of rotatable bonds is 5. The van der Waals surface area contributed by atoms with Gasteiger partial charge in [0.25, 0.3) is 5.56 Å². The van der Waals surface area contributed by atoms with Crippen molar-refractivity contribution in [3.63, 3.8) is 0 Å². The summed E-state index contributed by atoms with van der Waals surface area (Å²) in [4.78, 5) is 32.6. The number of thiazole rings is 1. The van der Waals surface area contributed by atoms with Crippen molar-refractivity contribution in [1.82, 2.24) is 24.1 Å². The Morgan fingerprint density at radius 2 is 2.11 bits per heavy atom. The Balaban J connectivity index is 1.51. The van der Waals surface area contributed by atoms with Gasteiger partial charge in [0, 0.05) is 21.5 Å². The van der Waals surface area contributed by atoms with Crippen LogP contribution in [0.1, 0.15) is 23.8 Å². The van der Waals surface area contributed by atoms with Gasteiger partial charge in [0.1, 0.15) is 4.83 Å². The van der Waals surface area contributed by atoms with Crippen LogP contribution in [-0.2, 0) is 17.6 Å². The third-order valence-electron chi connectivity index (χ3n) is 6.02. The molecule has 0 radical (unpaired) electrons. The molecule has 35 heavy (non-hydrogen) atoms. The normalized spacial score (nSPS) is 15.5. The number of hydrogen-bond donors (Lipinski definition) is 1. The summed E-state index contributed by atoms with van der Waals surface area (Å²) in [6.07, 6.45) is 4.58. The summed E-state index contributed by atoms with van der Waals surface area (Å²) in [5.74, 6) is 0.899. The van der Waals surface area contributed by atoms with Crippen LogP contribution in [0, 0.1) is 5.92 Å². The molecule has 1 atom stereocenters. The van der Waals surface area contributed by atoms with E-state index in [-0.39, 0.29) is 17.2 Å². The third-order valence-corrected chi connectivity index (χ3v) is 9.17. The maximum atomic E-state index is 13.9. The van der Waals surface area contributed by atoms with Crippen molar-refractivity contribution in [2.45, 2.75) is 31.3 Å². The highest BCUT2D eigenvalue weighted by molar-refractivity contribution is 7.99. The van der Waals surface area contributed by atoms with Gasteiger partial charge in [-0.15, -0.1) is 32.9 Å². The Bertz CT molecular complexity index is 1620. The van der Waals surface area contributed by atoms with Crippen LogP contribution in [0.2, 0.25) is 5.02 Å². The molecule has 4 heterocycles. The molecule has 1 aliphatic rings. The van der Waals surface area contributed by atoms with E-state index in [4.69, 9.17) is 11.6 Å². The van der Waals surface area contributed by atoms with Crippen molar-refractivity contribution >= 4 is 73.1 Å². The minimum atomic E-state index is -0.178. The van der Waals surface area contributed by atoms with Crippen molar-refractivity contribution in [3.05, 3.63) is 61.7 Å². The van der Waals surface area contributed by atoms with Gasteiger partial charge in [-0.3, -0.25) is 9.59 Å². The van der Waals surface area contributed by atoms with E-state index in [1.54, 1.807) is 51.7 Å². The molecule has 0 bridgehead atoms. The molecular weight excluding hydrogens is 524 g/mol. The molecule has 4 aromatic heterocycles. The first-order chi connectivity index (χ1) is 17.0. The molecule has 0 spiro atoms. The standard InChI is InChI=1S/C23H19ClN6O2S3/c1-12-2-7-16-15(10-12)18-19(32)29(14-5-3-13(24)4-6-14)22-27-28-23(30(22)20(18)35-16)34-11-17(31)26-21-25-8-9-33-21/h3-6,8-9,12H,2,7,10-11H2,1H3,(H,25,26,31)/t12-/m0/s1. The van der Waals surface area contributed by atoms with Gasteiger partial charge in [-0.1, -0.05) is 30.3 Å².